The zero-order valence-corrected chi connectivity index (χ0v) is 10.6. The molecule has 2 rings (SSSR count). The van der Waals surface area contributed by atoms with Crippen molar-refractivity contribution in [3.63, 3.8) is 0 Å². The molecular formula is C12H19N3O2. The molecule has 0 radical (unpaired) electrons. The van der Waals surface area contributed by atoms with Gasteiger partial charge in [0.2, 0.25) is 0 Å². The summed E-state index contributed by atoms with van der Waals surface area (Å²) in [5.41, 5.74) is 2.11. The lowest BCUT2D eigenvalue weighted by Gasteiger charge is -2.27. The Bertz CT molecular complexity index is 427. The molecule has 17 heavy (non-hydrogen) atoms. The van der Waals surface area contributed by atoms with Gasteiger partial charge in [0.05, 0.1) is 5.69 Å². The first-order valence-corrected chi connectivity index (χ1v) is 5.99. The molecule has 0 amide bonds. The highest BCUT2D eigenvalue weighted by Gasteiger charge is 2.34. The number of carboxylic acid groups (broad SMARTS) is 1. The number of aryl methyl sites for hydroxylation is 2. The number of carbonyl (C=O) groups is 1. The molecule has 0 bridgehead atoms. The Morgan fingerprint density at radius 1 is 1.65 bits per heavy atom. The molecule has 1 aliphatic rings. The maximum atomic E-state index is 11.2. The van der Waals surface area contributed by atoms with Crippen molar-refractivity contribution in [2.24, 2.45) is 7.05 Å². The molecule has 5 nitrogen and oxygen atoms in total. The molecule has 94 valence electrons. The number of aliphatic carboxylic acids is 1. The molecule has 1 aromatic heterocycles. The fourth-order valence-corrected chi connectivity index (χ4v) is 2.72. The molecule has 1 N–H and O–H groups in total. The SMILES string of the molecule is Cc1nn(C)cc1C(C)N1CCCC1C(=O)O. The Kier molecular flexibility index (Phi) is 3.19. The van der Waals surface area contributed by atoms with Crippen molar-refractivity contribution < 1.29 is 9.90 Å². The maximum absolute atomic E-state index is 11.2. The normalized spacial score (nSPS) is 22.9. The summed E-state index contributed by atoms with van der Waals surface area (Å²) in [5.74, 6) is -0.712. The van der Waals surface area contributed by atoms with E-state index in [0.717, 1.165) is 30.6 Å². The molecule has 2 heterocycles. The number of hydrogen-bond donors (Lipinski definition) is 1. The minimum Gasteiger partial charge on any atom is -0.480 e. The van der Waals surface area contributed by atoms with Gasteiger partial charge in [-0.25, -0.2) is 0 Å². The van der Waals surface area contributed by atoms with Gasteiger partial charge in [-0.15, -0.1) is 0 Å². The summed E-state index contributed by atoms with van der Waals surface area (Å²) in [5, 5.41) is 13.5. The minimum absolute atomic E-state index is 0.118. The summed E-state index contributed by atoms with van der Waals surface area (Å²) in [6.45, 7) is 4.88. The molecule has 1 saturated heterocycles. The lowest BCUT2D eigenvalue weighted by molar-refractivity contribution is -0.142. The Hall–Kier alpha value is -1.36. The quantitative estimate of drug-likeness (QED) is 0.861. The van der Waals surface area contributed by atoms with Gasteiger partial charge in [-0.3, -0.25) is 14.4 Å². The number of likely N-dealkylation sites (tertiary alicyclic amines) is 1. The zero-order valence-electron chi connectivity index (χ0n) is 10.6. The van der Waals surface area contributed by atoms with Crippen LogP contribution in [0, 0.1) is 6.92 Å². The van der Waals surface area contributed by atoms with Gasteiger partial charge in [0.15, 0.2) is 0 Å². The predicted molar refractivity (Wildman–Crippen MR) is 63.7 cm³/mol. The summed E-state index contributed by atoms with van der Waals surface area (Å²) < 4.78 is 1.78. The highest BCUT2D eigenvalue weighted by molar-refractivity contribution is 5.73. The summed E-state index contributed by atoms with van der Waals surface area (Å²) in [7, 11) is 1.89. The van der Waals surface area contributed by atoms with E-state index < -0.39 is 5.97 Å². The largest absolute Gasteiger partial charge is 0.480 e. The fourth-order valence-electron chi connectivity index (χ4n) is 2.72. The molecule has 0 spiro atoms. The van der Waals surface area contributed by atoms with Crippen LogP contribution in [0.25, 0.3) is 0 Å². The van der Waals surface area contributed by atoms with Crippen LogP contribution < -0.4 is 0 Å². The molecule has 5 heteroatoms. The standard InChI is InChI=1S/C12H19N3O2/c1-8-10(7-14(3)13-8)9(2)15-6-4-5-11(15)12(16)17/h7,9,11H,4-6H2,1-3H3,(H,16,17). The molecule has 1 fully saturated rings. The van der Waals surface area contributed by atoms with E-state index in [1.807, 2.05) is 20.2 Å². The number of carboxylic acids is 1. The second kappa shape index (κ2) is 4.49. The van der Waals surface area contributed by atoms with Crippen LogP contribution in [-0.2, 0) is 11.8 Å². The molecule has 0 saturated carbocycles. The van der Waals surface area contributed by atoms with E-state index >= 15 is 0 Å². The summed E-state index contributed by atoms with van der Waals surface area (Å²) >= 11 is 0. The van der Waals surface area contributed by atoms with E-state index in [1.165, 1.54) is 0 Å². The maximum Gasteiger partial charge on any atom is 0.320 e. The topological polar surface area (TPSA) is 58.4 Å². The Balaban J connectivity index is 2.22. The van der Waals surface area contributed by atoms with Gasteiger partial charge in [-0.05, 0) is 33.2 Å². The van der Waals surface area contributed by atoms with Gasteiger partial charge in [-0.1, -0.05) is 0 Å². The van der Waals surface area contributed by atoms with Crippen molar-refractivity contribution in [3.05, 3.63) is 17.5 Å². The first-order valence-electron chi connectivity index (χ1n) is 5.99. The molecule has 1 aliphatic heterocycles. The Morgan fingerprint density at radius 3 is 2.88 bits per heavy atom. The van der Waals surface area contributed by atoms with Gasteiger partial charge in [0.25, 0.3) is 0 Å². The van der Waals surface area contributed by atoms with Crippen LogP contribution in [-0.4, -0.2) is 38.3 Å². The first-order chi connectivity index (χ1) is 8.00. The number of hydrogen-bond acceptors (Lipinski definition) is 3. The average molecular weight is 237 g/mol. The van der Waals surface area contributed by atoms with Crippen LogP contribution in [0.5, 0.6) is 0 Å². The van der Waals surface area contributed by atoms with Crippen LogP contribution in [0.2, 0.25) is 0 Å². The first kappa shape index (κ1) is 12.1. The van der Waals surface area contributed by atoms with E-state index in [4.69, 9.17) is 0 Å². The van der Waals surface area contributed by atoms with Crippen molar-refractivity contribution in [3.8, 4) is 0 Å². The van der Waals surface area contributed by atoms with Gasteiger partial charge in [-0.2, -0.15) is 5.10 Å². The summed E-state index contributed by atoms with van der Waals surface area (Å²) in [6.07, 6.45) is 3.69. The summed E-state index contributed by atoms with van der Waals surface area (Å²) in [6, 6.07) is -0.225. The molecule has 0 aromatic carbocycles. The van der Waals surface area contributed by atoms with Gasteiger partial charge in [0, 0.05) is 24.8 Å². The third-order valence-corrected chi connectivity index (χ3v) is 3.58. The second-order valence-corrected chi connectivity index (χ2v) is 4.75. The van der Waals surface area contributed by atoms with E-state index in [-0.39, 0.29) is 12.1 Å². The van der Waals surface area contributed by atoms with E-state index in [1.54, 1.807) is 4.68 Å². The lowest BCUT2D eigenvalue weighted by atomic mass is 10.1. The van der Waals surface area contributed by atoms with Crippen molar-refractivity contribution in [1.82, 2.24) is 14.7 Å². The average Bonchev–Trinajstić information content (AvgIpc) is 2.83. The van der Waals surface area contributed by atoms with Crippen LogP contribution in [0.3, 0.4) is 0 Å². The van der Waals surface area contributed by atoms with Crippen LogP contribution in [0.4, 0.5) is 0 Å². The zero-order chi connectivity index (χ0) is 12.6. The second-order valence-electron chi connectivity index (χ2n) is 4.75. The smallest absolute Gasteiger partial charge is 0.320 e. The number of nitrogens with zero attached hydrogens (tertiary/aromatic N) is 3. The van der Waals surface area contributed by atoms with Crippen LogP contribution in [0.1, 0.15) is 37.1 Å². The predicted octanol–water partition coefficient (Wildman–Crippen LogP) is 1.34. The Morgan fingerprint density at radius 2 is 2.35 bits per heavy atom. The summed E-state index contributed by atoms with van der Waals surface area (Å²) in [4.78, 5) is 13.2. The number of aromatic nitrogens is 2. The van der Waals surface area contributed by atoms with Gasteiger partial charge >= 0.3 is 5.97 Å². The fraction of sp³-hybridized carbons (Fsp3) is 0.667. The van der Waals surface area contributed by atoms with Crippen LogP contribution in [0.15, 0.2) is 6.20 Å². The Labute approximate surface area is 101 Å². The highest BCUT2D eigenvalue weighted by Crippen LogP contribution is 2.30. The van der Waals surface area contributed by atoms with Crippen molar-refractivity contribution in [1.29, 1.82) is 0 Å². The molecule has 0 aliphatic carbocycles. The number of rotatable bonds is 3. The lowest BCUT2D eigenvalue weighted by Crippen LogP contribution is -2.37. The molecule has 2 unspecified atom stereocenters. The van der Waals surface area contributed by atoms with E-state index in [2.05, 4.69) is 16.9 Å². The van der Waals surface area contributed by atoms with E-state index in [0.29, 0.717) is 0 Å². The van der Waals surface area contributed by atoms with Crippen LogP contribution >= 0.6 is 0 Å². The monoisotopic (exact) mass is 237 g/mol. The molecular weight excluding hydrogens is 218 g/mol. The highest BCUT2D eigenvalue weighted by atomic mass is 16.4. The van der Waals surface area contributed by atoms with Crippen molar-refractivity contribution >= 4 is 5.97 Å². The third kappa shape index (κ3) is 2.20. The molecule has 1 aromatic rings. The van der Waals surface area contributed by atoms with Gasteiger partial charge < -0.3 is 5.11 Å². The van der Waals surface area contributed by atoms with E-state index in [9.17, 15) is 9.90 Å². The van der Waals surface area contributed by atoms with Gasteiger partial charge in [0.1, 0.15) is 6.04 Å². The molecule has 2 atom stereocenters. The minimum atomic E-state index is -0.712. The van der Waals surface area contributed by atoms with Crippen molar-refractivity contribution in [2.75, 3.05) is 6.54 Å². The van der Waals surface area contributed by atoms with Crippen molar-refractivity contribution in [2.45, 2.75) is 38.8 Å². The third-order valence-electron chi connectivity index (χ3n) is 3.58.